The number of hydrogen-bond donors (Lipinski definition) is 4. The number of fused-ring (bicyclic) bond motifs is 1. The Morgan fingerprint density at radius 1 is 1.17 bits per heavy atom. The van der Waals surface area contributed by atoms with E-state index in [9.17, 15) is 9.59 Å². The van der Waals surface area contributed by atoms with Crippen molar-refractivity contribution in [3.05, 3.63) is 59.8 Å². The fourth-order valence-electron chi connectivity index (χ4n) is 2.39. The Morgan fingerprint density at radius 3 is 2.58 bits per heavy atom. The number of nitrogens with one attached hydrogen (secondary N) is 2. The maximum Gasteiger partial charge on any atom is 0.410 e. The van der Waals surface area contributed by atoms with Crippen LogP contribution in [0.4, 0.5) is 10.6 Å². The number of nitrogens with two attached hydrogens (primary N) is 1. The predicted octanol–water partition coefficient (Wildman–Crippen LogP) is 2.68. The van der Waals surface area contributed by atoms with Crippen LogP contribution in [0.1, 0.15) is 11.1 Å². The number of amides is 2. The first kappa shape index (κ1) is 15.3. The van der Waals surface area contributed by atoms with Crippen molar-refractivity contribution in [2.24, 2.45) is 5.73 Å². The van der Waals surface area contributed by atoms with Crippen molar-refractivity contribution < 1.29 is 14.7 Å². The summed E-state index contributed by atoms with van der Waals surface area (Å²) in [7, 11) is 0. The molecule has 0 radical (unpaired) electrons. The molecule has 2 amide bonds. The van der Waals surface area contributed by atoms with Crippen molar-refractivity contribution in [1.29, 1.82) is 0 Å². The van der Waals surface area contributed by atoms with Gasteiger partial charge in [0.15, 0.2) is 0 Å². The number of pyridine rings is 1. The van der Waals surface area contributed by atoms with Gasteiger partial charge in [-0.1, -0.05) is 30.3 Å². The molecule has 24 heavy (non-hydrogen) atoms. The highest BCUT2D eigenvalue weighted by molar-refractivity contribution is 6.24. The lowest BCUT2D eigenvalue weighted by atomic mass is 10.0. The molecule has 0 aliphatic carbocycles. The molecule has 7 nitrogen and oxygen atoms in total. The summed E-state index contributed by atoms with van der Waals surface area (Å²) in [6.45, 7) is 0. The van der Waals surface area contributed by atoms with Gasteiger partial charge in [-0.15, -0.1) is 0 Å². The number of aromatic amines is 1. The summed E-state index contributed by atoms with van der Waals surface area (Å²) in [5, 5.41) is 11.7. The van der Waals surface area contributed by atoms with Gasteiger partial charge < -0.3 is 15.8 Å². The molecular formula is C17H14N4O3. The second-order valence-corrected chi connectivity index (χ2v) is 5.06. The average molecular weight is 322 g/mol. The minimum atomic E-state index is -1.19. The van der Waals surface area contributed by atoms with Crippen molar-refractivity contribution in [2.75, 3.05) is 5.32 Å². The molecule has 0 unspecified atom stereocenters. The van der Waals surface area contributed by atoms with Gasteiger partial charge in [-0.25, -0.2) is 9.78 Å². The second-order valence-electron chi connectivity index (χ2n) is 5.06. The van der Waals surface area contributed by atoms with E-state index in [0.29, 0.717) is 11.2 Å². The van der Waals surface area contributed by atoms with Crippen molar-refractivity contribution in [3.8, 4) is 0 Å². The van der Waals surface area contributed by atoms with E-state index in [-0.39, 0.29) is 5.82 Å². The lowest BCUT2D eigenvalue weighted by Gasteiger charge is -2.03. The highest BCUT2D eigenvalue weighted by atomic mass is 16.4. The Hall–Kier alpha value is -3.61. The number of H-pyrrole nitrogens is 1. The van der Waals surface area contributed by atoms with Crippen molar-refractivity contribution >= 4 is 40.5 Å². The molecule has 2 heterocycles. The molecule has 3 rings (SSSR count). The summed E-state index contributed by atoms with van der Waals surface area (Å²) in [6.07, 6.45) is 2.19. The molecule has 0 atom stereocenters. The Morgan fingerprint density at radius 2 is 1.92 bits per heavy atom. The number of hydrogen-bond acceptors (Lipinski definition) is 3. The molecule has 7 heteroatoms. The number of rotatable bonds is 4. The minimum Gasteiger partial charge on any atom is -0.465 e. The van der Waals surface area contributed by atoms with Crippen LogP contribution in [-0.2, 0) is 4.79 Å². The second kappa shape index (κ2) is 6.25. The van der Waals surface area contributed by atoms with Gasteiger partial charge in [-0.2, -0.15) is 0 Å². The molecule has 0 aliphatic rings. The predicted molar refractivity (Wildman–Crippen MR) is 91.2 cm³/mol. The number of anilines is 1. The Balaban J connectivity index is 2.05. The zero-order valence-electron chi connectivity index (χ0n) is 12.5. The van der Waals surface area contributed by atoms with E-state index in [2.05, 4.69) is 15.3 Å². The zero-order chi connectivity index (χ0) is 17.1. The van der Waals surface area contributed by atoms with Gasteiger partial charge in [0.25, 0.3) is 0 Å². The fraction of sp³-hybridized carbons (Fsp3) is 0. The third kappa shape index (κ3) is 3.09. The molecule has 3 aromatic rings. The van der Waals surface area contributed by atoms with E-state index >= 15 is 0 Å². The van der Waals surface area contributed by atoms with Gasteiger partial charge in [0.05, 0.1) is 0 Å². The SMILES string of the molecule is NC(=O)/C(=C\c1c[nH]c2nc(NC(=O)O)ccc12)c1ccccc1. The van der Waals surface area contributed by atoms with Crippen LogP contribution in [-0.4, -0.2) is 27.1 Å². The van der Waals surface area contributed by atoms with Gasteiger partial charge in [0.2, 0.25) is 5.91 Å². The van der Waals surface area contributed by atoms with E-state index in [1.807, 2.05) is 18.2 Å². The molecule has 0 saturated heterocycles. The number of carbonyl (C=O) groups excluding carboxylic acids is 1. The third-order valence-corrected chi connectivity index (χ3v) is 3.46. The lowest BCUT2D eigenvalue weighted by molar-refractivity contribution is -0.112. The van der Waals surface area contributed by atoms with Crippen molar-refractivity contribution in [3.63, 3.8) is 0 Å². The summed E-state index contributed by atoms with van der Waals surface area (Å²) in [4.78, 5) is 29.6. The quantitative estimate of drug-likeness (QED) is 0.552. The number of nitrogens with zero attached hydrogens (tertiary/aromatic N) is 1. The highest BCUT2D eigenvalue weighted by Gasteiger charge is 2.11. The summed E-state index contributed by atoms with van der Waals surface area (Å²) in [6, 6.07) is 12.4. The molecule has 5 N–H and O–H groups in total. The molecule has 120 valence electrons. The maximum atomic E-state index is 11.8. The minimum absolute atomic E-state index is 0.213. The van der Waals surface area contributed by atoms with Crippen LogP contribution in [0.5, 0.6) is 0 Å². The van der Waals surface area contributed by atoms with E-state index < -0.39 is 12.0 Å². The summed E-state index contributed by atoms with van der Waals surface area (Å²) < 4.78 is 0. The van der Waals surface area contributed by atoms with E-state index in [0.717, 1.165) is 16.5 Å². The maximum absolute atomic E-state index is 11.8. The molecule has 0 bridgehead atoms. The monoisotopic (exact) mass is 322 g/mol. The summed E-state index contributed by atoms with van der Waals surface area (Å²) >= 11 is 0. The van der Waals surface area contributed by atoms with E-state index in [1.165, 1.54) is 0 Å². The van der Waals surface area contributed by atoms with Gasteiger partial charge in [0, 0.05) is 22.7 Å². The molecule has 2 aromatic heterocycles. The first-order chi connectivity index (χ1) is 11.5. The Labute approximate surface area is 136 Å². The van der Waals surface area contributed by atoms with Crippen LogP contribution >= 0.6 is 0 Å². The molecule has 0 spiro atoms. The number of primary amides is 1. The van der Waals surface area contributed by atoms with Crippen LogP contribution < -0.4 is 11.1 Å². The fourth-order valence-corrected chi connectivity index (χ4v) is 2.39. The van der Waals surface area contributed by atoms with Gasteiger partial charge >= 0.3 is 6.09 Å². The zero-order valence-corrected chi connectivity index (χ0v) is 12.5. The standard InChI is InChI=1S/C17H14N4O3/c18-15(22)13(10-4-2-1-3-5-10)8-11-9-19-16-12(11)6-7-14(20-16)21-17(23)24/h1-9H,(H2,18,22)(H,23,24)(H2,19,20,21)/b13-8-. The van der Waals surface area contributed by atoms with E-state index in [1.54, 1.807) is 36.5 Å². The third-order valence-electron chi connectivity index (χ3n) is 3.46. The number of aromatic nitrogens is 2. The van der Waals surface area contributed by atoms with Gasteiger partial charge in [-0.3, -0.25) is 10.1 Å². The van der Waals surface area contributed by atoms with Gasteiger partial charge in [-0.05, 0) is 23.8 Å². The first-order valence-corrected chi connectivity index (χ1v) is 7.09. The Kier molecular flexibility index (Phi) is 3.98. The smallest absolute Gasteiger partial charge is 0.410 e. The number of benzene rings is 1. The molecular weight excluding hydrogens is 308 g/mol. The molecule has 0 saturated carbocycles. The molecule has 1 aromatic carbocycles. The van der Waals surface area contributed by atoms with Crippen molar-refractivity contribution in [2.45, 2.75) is 0 Å². The Bertz CT molecular complexity index is 945. The van der Waals surface area contributed by atoms with Crippen molar-refractivity contribution in [1.82, 2.24) is 9.97 Å². The van der Waals surface area contributed by atoms with E-state index in [4.69, 9.17) is 10.8 Å². The topological polar surface area (TPSA) is 121 Å². The van der Waals surface area contributed by atoms with Crippen LogP contribution in [0.15, 0.2) is 48.7 Å². The largest absolute Gasteiger partial charge is 0.465 e. The van der Waals surface area contributed by atoms with Crippen LogP contribution in [0, 0.1) is 0 Å². The van der Waals surface area contributed by atoms with Crippen LogP contribution in [0.25, 0.3) is 22.7 Å². The van der Waals surface area contributed by atoms with Crippen LogP contribution in [0.3, 0.4) is 0 Å². The highest BCUT2D eigenvalue weighted by Crippen LogP contribution is 2.24. The lowest BCUT2D eigenvalue weighted by Crippen LogP contribution is -2.12. The average Bonchev–Trinajstić information content (AvgIpc) is 2.94. The number of carbonyl (C=O) groups is 2. The number of carboxylic acid groups (broad SMARTS) is 1. The normalized spacial score (nSPS) is 11.4. The summed E-state index contributed by atoms with van der Waals surface area (Å²) in [5.41, 5.74) is 7.84. The van der Waals surface area contributed by atoms with Crippen LogP contribution in [0.2, 0.25) is 0 Å². The first-order valence-electron chi connectivity index (χ1n) is 7.09. The molecule has 0 fully saturated rings. The van der Waals surface area contributed by atoms with Gasteiger partial charge in [0.1, 0.15) is 11.5 Å². The molecule has 0 aliphatic heterocycles. The summed E-state index contributed by atoms with van der Waals surface area (Å²) in [5.74, 6) is -0.321.